The van der Waals surface area contributed by atoms with Crippen LogP contribution >= 0.6 is 0 Å². The average Bonchev–Trinajstić information content (AvgIpc) is 2.92. The molecule has 0 aromatic heterocycles. The van der Waals surface area contributed by atoms with Gasteiger partial charge in [-0.3, -0.25) is 0 Å². The molecule has 4 unspecified atom stereocenters. The first-order chi connectivity index (χ1) is 27.4. The van der Waals surface area contributed by atoms with Gasteiger partial charge in [0.05, 0.1) is 42.7 Å². The second-order valence-electron chi connectivity index (χ2n) is 28.0. The van der Waals surface area contributed by atoms with Crippen molar-refractivity contribution >= 4 is 0 Å². The fourth-order valence-corrected chi connectivity index (χ4v) is 14.6. The molecule has 1 aliphatic carbocycles. The summed E-state index contributed by atoms with van der Waals surface area (Å²) in [5.41, 5.74) is -0.767. The van der Waals surface area contributed by atoms with Crippen molar-refractivity contribution in [1.29, 1.82) is 0 Å². The quantitative estimate of drug-likeness (QED) is 0.146. The SMILES string of the molecule is CC1(C)CC(OC2CC(OC3CC(C)(C)NC(C)(C)C3)C(OC3CC(C)(C)NC(C)(C)C3)C(OC3CC(C)(C)NC(C)(C)C3)C2OC2CC(C)(C)NC(C)(C)C2)CC(C)(C)N1. The zero-order chi connectivity index (χ0) is 45.6. The number of hydrogen-bond acceptors (Lipinski definition) is 10. The molecule has 0 amide bonds. The first-order valence-electron chi connectivity index (χ1n) is 24.6. The molecule has 5 saturated heterocycles. The van der Waals surface area contributed by atoms with E-state index in [2.05, 4.69) is 165 Å². The van der Waals surface area contributed by atoms with E-state index < -0.39 is 6.10 Å². The summed E-state index contributed by atoms with van der Waals surface area (Å²) in [5, 5.41) is 19.6. The summed E-state index contributed by atoms with van der Waals surface area (Å²) in [4.78, 5) is 0. The van der Waals surface area contributed by atoms with Gasteiger partial charge in [0.25, 0.3) is 0 Å². The second kappa shape index (κ2) is 16.7. The Kier molecular flexibility index (Phi) is 13.7. The summed E-state index contributed by atoms with van der Waals surface area (Å²) in [6.45, 7) is 46.5. The van der Waals surface area contributed by atoms with Gasteiger partial charge in [0, 0.05) is 61.8 Å². The summed E-state index contributed by atoms with van der Waals surface area (Å²) in [6.07, 6.45) is 8.46. The smallest absolute Gasteiger partial charge is 0.115 e. The molecule has 0 aromatic rings. The first-order valence-corrected chi connectivity index (χ1v) is 24.6. The van der Waals surface area contributed by atoms with Crippen LogP contribution in [0.25, 0.3) is 0 Å². The molecular weight excluding hydrogens is 763 g/mol. The van der Waals surface area contributed by atoms with Gasteiger partial charge in [-0.05, 0) is 203 Å². The lowest BCUT2D eigenvalue weighted by Crippen LogP contribution is -2.68. The number of nitrogens with one attached hydrogen (secondary N) is 5. The van der Waals surface area contributed by atoms with Crippen molar-refractivity contribution in [3.05, 3.63) is 0 Å². The van der Waals surface area contributed by atoms with E-state index in [0.29, 0.717) is 6.42 Å². The molecule has 5 N–H and O–H groups in total. The number of rotatable bonds is 10. The highest BCUT2D eigenvalue weighted by atomic mass is 16.6. The Hall–Kier alpha value is -0.400. The minimum atomic E-state index is -0.397. The minimum Gasteiger partial charge on any atom is -0.372 e. The van der Waals surface area contributed by atoms with Crippen molar-refractivity contribution in [2.24, 2.45) is 0 Å². The van der Waals surface area contributed by atoms with Gasteiger partial charge in [-0.25, -0.2) is 0 Å². The van der Waals surface area contributed by atoms with Crippen LogP contribution in [0.3, 0.4) is 0 Å². The monoisotopic (exact) mass is 860 g/mol. The van der Waals surface area contributed by atoms with Gasteiger partial charge in [0.1, 0.15) is 18.3 Å². The molecule has 10 heteroatoms. The van der Waals surface area contributed by atoms with Crippen molar-refractivity contribution in [3.8, 4) is 0 Å². The van der Waals surface area contributed by atoms with E-state index in [1.165, 1.54) is 0 Å². The van der Waals surface area contributed by atoms with Crippen LogP contribution < -0.4 is 26.6 Å². The molecule has 0 radical (unpaired) electrons. The van der Waals surface area contributed by atoms with Gasteiger partial charge >= 0.3 is 0 Å². The molecule has 6 rings (SSSR count). The number of piperidine rings is 5. The van der Waals surface area contributed by atoms with Crippen LogP contribution in [-0.4, -0.2) is 116 Å². The molecule has 4 atom stereocenters. The molecule has 1 saturated carbocycles. The second-order valence-corrected chi connectivity index (χ2v) is 28.0. The zero-order valence-electron chi connectivity index (χ0n) is 43.1. The lowest BCUT2D eigenvalue weighted by Gasteiger charge is -2.55. The third kappa shape index (κ3) is 13.8. The van der Waals surface area contributed by atoms with Crippen molar-refractivity contribution in [1.82, 2.24) is 26.6 Å². The van der Waals surface area contributed by atoms with Gasteiger partial charge < -0.3 is 50.3 Å². The standard InChI is InChI=1S/C51H97N5O5/c1-42(2)22-32(23-43(3,4)52-42)57-37-21-38(58-33-24-44(5,6)53-45(7,8)25-33)40(60-35-28-48(13,14)55-49(15,16)29-35)41(61-36-30-50(17,18)56-51(19,20)31-36)39(37)59-34-26-46(9,10)54-47(11,12)27-34/h32-41,52-56H,21-31H2,1-20H3. The van der Waals surface area contributed by atoms with Crippen molar-refractivity contribution in [2.75, 3.05) is 0 Å². The summed E-state index contributed by atoms with van der Waals surface area (Å²) in [6, 6.07) is 0. The number of hydrogen-bond donors (Lipinski definition) is 5. The van der Waals surface area contributed by atoms with Crippen molar-refractivity contribution in [2.45, 2.75) is 326 Å². The largest absolute Gasteiger partial charge is 0.372 e. The van der Waals surface area contributed by atoms with E-state index in [4.69, 9.17) is 23.7 Å². The van der Waals surface area contributed by atoms with Crippen LogP contribution in [0, 0.1) is 0 Å². The van der Waals surface area contributed by atoms with E-state index in [0.717, 1.165) is 64.2 Å². The predicted octanol–water partition coefficient (Wildman–Crippen LogP) is 8.86. The van der Waals surface area contributed by atoms with Gasteiger partial charge in [-0.2, -0.15) is 0 Å². The fraction of sp³-hybridized carbons (Fsp3) is 1.00. The number of ether oxygens (including phenoxy) is 5. The predicted molar refractivity (Wildman–Crippen MR) is 251 cm³/mol. The van der Waals surface area contributed by atoms with Crippen LogP contribution in [0.5, 0.6) is 0 Å². The maximum Gasteiger partial charge on any atom is 0.115 e. The average molecular weight is 860 g/mol. The van der Waals surface area contributed by atoms with Gasteiger partial charge in [0.2, 0.25) is 0 Å². The Balaban J connectivity index is 1.47. The molecule has 10 nitrogen and oxygen atoms in total. The fourth-order valence-electron chi connectivity index (χ4n) is 14.6. The van der Waals surface area contributed by atoms with Crippen LogP contribution in [0.1, 0.15) is 209 Å². The third-order valence-corrected chi connectivity index (χ3v) is 14.4. The minimum absolute atomic E-state index is 0.00292. The molecule has 0 spiro atoms. The Morgan fingerprint density at radius 2 is 0.410 bits per heavy atom. The Morgan fingerprint density at radius 3 is 0.607 bits per heavy atom. The van der Waals surface area contributed by atoms with E-state index in [1.54, 1.807) is 0 Å². The van der Waals surface area contributed by atoms with E-state index in [1.807, 2.05) is 0 Å². The molecule has 6 aliphatic rings. The molecule has 5 heterocycles. The zero-order valence-corrected chi connectivity index (χ0v) is 43.1. The van der Waals surface area contributed by atoms with E-state index in [-0.39, 0.29) is 110 Å². The Morgan fingerprint density at radius 1 is 0.246 bits per heavy atom. The lowest BCUT2D eigenvalue weighted by molar-refractivity contribution is -0.287. The van der Waals surface area contributed by atoms with E-state index >= 15 is 0 Å². The van der Waals surface area contributed by atoms with Crippen LogP contribution in [0.15, 0.2) is 0 Å². The molecule has 356 valence electrons. The van der Waals surface area contributed by atoms with Gasteiger partial charge in [0.15, 0.2) is 0 Å². The molecule has 61 heavy (non-hydrogen) atoms. The third-order valence-electron chi connectivity index (χ3n) is 14.4. The lowest BCUT2D eigenvalue weighted by atomic mass is 9.78. The first kappa shape index (κ1) is 50.0. The maximum absolute atomic E-state index is 7.82. The Bertz CT molecular complexity index is 1350. The van der Waals surface area contributed by atoms with Gasteiger partial charge in [-0.1, -0.05) is 0 Å². The van der Waals surface area contributed by atoms with Crippen LogP contribution in [-0.2, 0) is 23.7 Å². The topological polar surface area (TPSA) is 106 Å². The van der Waals surface area contributed by atoms with Crippen LogP contribution in [0.2, 0.25) is 0 Å². The Labute approximate surface area is 374 Å². The summed E-state index contributed by atoms with van der Waals surface area (Å²) < 4.78 is 38.6. The molecule has 6 fully saturated rings. The summed E-state index contributed by atoms with van der Waals surface area (Å²) in [7, 11) is 0. The van der Waals surface area contributed by atoms with Crippen molar-refractivity contribution in [3.63, 3.8) is 0 Å². The highest BCUT2D eigenvalue weighted by Gasteiger charge is 2.56. The normalized spacial score (nSPS) is 37.3. The molecule has 5 aliphatic heterocycles. The highest BCUT2D eigenvalue weighted by Crippen LogP contribution is 2.44. The van der Waals surface area contributed by atoms with E-state index in [9.17, 15) is 0 Å². The summed E-state index contributed by atoms with van der Waals surface area (Å²) in [5.74, 6) is 0. The maximum atomic E-state index is 7.82. The van der Waals surface area contributed by atoms with Crippen LogP contribution in [0.4, 0.5) is 0 Å². The molecule has 0 bridgehead atoms. The molecule has 0 aromatic carbocycles. The summed E-state index contributed by atoms with van der Waals surface area (Å²) >= 11 is 0. The van der Waals surface area contributed by atoms with Crippen molar-refractivity contribution < 1.29 is 23.7 Å². The van der Waals surface area contributed by atoms with Gasteiger partial charge in [-0.15, -0.1) is 0 Å². The highest BCUT2D eigenvalue weighted by molar-refractivity contribution is 5.08. The molecular formula is C51H97N5O5.